The van der Waals surface area contributed by atoms with Crippen LogP contribution in [0.1, 0.15) is 5.56 Å². The highest BCUT2D eigenvalue weighted by Gasteiger charge is 2.03. The van der Waals surface area contributed by atoms with Crippen molar-refractivity contribution in [2.75, 3.05) is 13.2 Å². The van der Waals surface area contributed by atoms with E-state index >= 15 is 0 Å². The van der Waals surface area contributed by atoms with Crippen molar-refractivity contribution in [3.05, 3.63) is 65.2 Å². The number of ether oxygens (including phenoxy) is 1. The Hall–Kier alpha value is -2.31. The second-order valence-electron chi connectivity index (χ2n) is 4.91. The Morgan fingerprint density at radius 3 is 2.46 bits per heavy atom. The maximum absolute atomic E-state index is 11.7. The maximum atomic E-state index is 11.7. The Morgan fingerprint density at radius 2 is 1.75 bits per heavy atom. The average Bonchev–Trinajstić information content (AvgIpc) is 2.60. The Balaban J connectivity index is 1.59. The topological polar surface area (TPSA) is 62.4 Å². The highest BCUT2D eigenvalue weighted by Crippen LogP contribution is 2.15. The van der Waals surface area contributed by atoms with Gasteiger partial charge in [0.25, 0.3) is 5.91 Å². The number of halogens is 1. The number of thiocarbonyl (C=S) groups is 1. The molecule has 3 N–H and O–H groups in total. The highest BCUT2D eigenvalue weighted by molar-refractivity contribution is 7.80. The van der Waals surface area contributed by atoms with E-state index in [2.05, 4.69) is 16.2 Å². The van der Waals surface area contributed by atoms with E-state index in [1.54, 1.807) is 24.3 Å². The first-order valence-corrected chi connectivity index (χ1v) is 8.17. The summed E-state index contributed by atoms with van der Waals surface area (Å²) in [5, 5.41) is 3.98. The molecule has 2 aromatic carbocycles. The van der Waals surface area contributed by atoms with Crippen molar-refractivity contribution in [2.24, 2.45) is 0 Å². The summed E-state index contributed by atoms with van der Waals surface area (Å²) in [5.74, 6) is 0.232. The number of hydrazine groups is 1. The van der Waals surface area contributed by atoms with E-state index in [9.17, 15) is 4.79 Å². The lowest BCUT2D eigenvalue weighted by Crippen LogP contribution is -2.48. The van der Waals surface area contributed by atoms with Gasteiger partial charge in [0.15, 0.2) is 11.7 Å². The number of amides is 1. The molecule has 0 aromatic heterocycles. The summed E-state index contributed by atoms with van der Waals surface area (Å²) < 4.78 is 5.32. The SMILES string of the molecule is O=C(COc1ccc(Cl)cc1)NNC(=S)NCCc1ccccc1. The van der Waals surface area contributed by atoms with E-state index in [4.69, 9.17) is 28.6 Å². The Kier molecular flexibility index (Phi) is 7.32. The number of rotatable bonds is 6. The predicted octanol–water partition coefficient (Wildman–Crippen LogP) is 2.46. The maximum Gasteiger partial charge on any atom is 0.276 e. The summed E-state index contributed by atoms with van der Waals surface area (Å²) in [7, 11) is 0. The van der Waals surface area contributed by atoms with Crippen LogP contribution in [0.3, 0.4) is 0 Å². The van der Waals surface area contributed by atoms with E-state index in [0.717, 1.165) is 6.42 Å². The van der Waals surface area contributed by atoms with Crippen LogP contribution in [0.2, 0.25) is 5.02 Å². The van der Waals surface area contributed by atoms with E-state index in [-0.39, 0.29) is 12.5 Å². The molecule has 0 spiro atoms. The molecule has 0 atom stereocenters. The summed E-state index contributed by atoms with van der Waals surface area (Å²) in [6.45, 7) is 0.550. The normalized spacial score (nSPS) is 9.88. The Morgan fingerprint density at radius 1 is 1.04 bits per heavy atom. The minimum Gasteiger partial charge on any atom is -0.484 e. The molecule has 2 rings (SSSR count). The van der Waals surface area contributed by atoms with E-state index in [1.807, 2.05) is 30.3 Å². The van der Waals surface area contributed by atoms with Crippen molar-refractivity contribution < 1.29 is 9.53 Å². The number of hydrogen-bond acceptors (Lipinski definition) is 3. The lowest BCUT2D eigenvalue weighted by atomic mass is 10.1. The Bertz CT molecular complexity index is 665. The number of benzene rings is 2. The Labute approximate surface area is 151 Å². The zero-order chi connectivity index (χ0) is 17.2. The zero-order valence-corrected chi connectivity index (χ0v) is 14.5. The van der Waals surface area contributed by atoms with Gasteiger partial charge in [-0.2, -0.15) is 0 Å². The molecule has 0 aliphatic heterocycles. The molecule has 0 saturated heterocycles. The number of nitrogens with one attached hydrogen (secondary N) is 3. The molecule has 24 heavy (non-hydrogen) atoms. The fourth-order valence-corrected chi connectivity index (χ4v) is 2.13. The number of carbonyl (C=O) groups excluding carboxylic acids is 1. The van der Waals surface area contributed by atoms with Gasteiger partial charge in [-0.1, -0.05) is 41.9 Å². The quantitative estimate of drug-likeness (QED) is 0.543. The van der Waals surface area contributed by atoms with Gasteiger partial charge < -0.3 is 10.1 Å². The van der Waals surface area contributed by atoms with Crippen LogP contribution in [0.4, 0.5) is 0 Å². The first kappa shape index (κ1) is 18.0. The largest absolute Gasteiger partial charge is 0.484 e. The highest BCUT2D eigenvalue weighted by atomic mass is 35.5. The van der Waals surface area contributed by atoms with Crippen molar-refractivity contribution in [2.45, 2.75) is 6.42 Å². The predicted molar refractivity (Wildman–Crippen MR) is 99.0 cm³/mol. The summed E-state index contributed by atoms with van der Waals surface area (Å²) in [6.07, 6.45) is 0.844. The van der Waals surface area contributed by atoms with Crippen molar-refractivity contribution in [3.63, 3.8) is 0 Å². The molecular formula is C17H18ClN3O2S. The minimum absolute atomic E-state index is 0.124. The molecule has 0 aliphatic rings. The van der Waals surface area contributed by atoms with Crippen molar-refractivity contribution in [3.8, 4) is 5.75 Å². The van der Waals surface area contributed by atoms with Crippen LogP contribution in [-0.4, -0.2) is 24.2 Å². The lowest BCUT2D eigenvalue weighted by molar-refractivity contribution is -0.123. The van der Waals surface area contributed by atoms with Crippen LogP contribution >= 0.6 is 23.8 Å². The van der Waals surface area contributed by atoms with Gasteiger partial charge in [-0.05, 0) is 48.5 Å². The third kappa shape index (κ3) is 6.85. The van der Waals surface area contributed by atoms with Gasteiger partial charge in [-0.3, -0.25) is 15.6 Å². The molecule has 5 nitrogen and oxygen atoms in total. The van der Waals surface area contributed by atoms with Gasteiger partial charge in [0.2, 0.25) is 0 Å². The second kappa shape index (κ2) is 9.75. The van der Waals surface area contributed by atoms with Crippen LogP contribution in [0.15, 0.2) is 54.6 Å². The van der Waals surface area contributed by atoms with Crippen LogP contribution in [0.25, 0.3) is 0 Å². The molecule has 0 aliphatic carbocycles. The summed E-state index contributed by atoms with van der Waals surface area (Å²) in [4.78, 5) is 11.7. The first-order valence-electron chi connectivity index (χ1n) is 7.38. The molecular weight excluding hydrogens is 346 g/mol. The third-order valence-electron chi connectivity index (χ3n) is 3.04. The van der Waals surface area contributed by atoms with Crippen LogP contribution < -0.4 is 20.9 Å². The van der Waals surface area contributed by atoms with Gasteiger partial charge in [-0.25, -0.2) is 0 Å². The number of carbonyl (C=O) groups is 1. The smallest absolute Gasteiger partial charge is 0.276 e. The van der Waals surface area contributed by atoms with E-state index in [0.29, 0.717) is 22.4 Å². The molecule has 7 heteroatoms. The molecule has 0 heterocycles. The standard InChI is InChI=1S/C17H18ClN3O2S/c18-14-6-8-15(9-7-14)23-12-16(22)20-21-17(24)19-11-10-13-4-2-1-3-5-13/h1-9H,10-12H2,(H,20,22)(H2,19,21,24). The lowest BCUT2D eigenvalue weighted by Gasteiger charge is -2.12. The summed E-state index contributed by atoms with van der Waals surface area (Å²) in [6, 6.07) is 16.8. The monoisotopic (exact) mass is 363 g/mol. The third-order valence-corrected chi connectivity index (χ3v) is 3.54. The summed E-state index contributed by atoms with van der Waals surface area (Å²) in [5.41, 5.74) is 6.32. The van der Waals surface area contributed by atoms with Crippen LogP contribution in [0, 0.1) is 0 Å². The van der Waals surface area contributed by atoms with Gasteiger partial charge in [0, 0.05) is 11.6 Å². The van der Waals surface area contributed by atoms with Crippen molar-refractivity contribution >= 4 is 34.8 Å². The molecule has 1 amide bonds. The van der Waals surface area contributed by atoms with Crippen LogP contribution in [-0.2, 0) is 11.2 Å². The van der Waals surface area contributed by atoms with Crippen molar-refractivity contribution in [1.29, 1.82) is 0 Å². The minimum atomic E-state index is -0.336. The molecule has 0 radical (unpaired) electrons. The number of hydrogen-bond donors (Lipinski definition) is 3. The van der Waals surface area contributed by atoms with Gasteiger partial charge in [0.05, 0.1) is 0 Å². The van der Waals surface area contributed by atoms with Gasteiger partial charge in [0.1, 0.15) is 5.75 Å². The molecule has 0 saturated carbocycles. The molecule has 0 bridgehead atoms. The first-order chi connectivity index (χ1) is 11.6. The zero-order valence-electron chi connectivity index (χ0n) is 12.9. The van der Waals surface area contributed by atoms with E-state index in [1.165, 1.54) is 5.56 Å². The van der Waals surface area contributed by atoms with Gasteiger partial charge >= 0.3 is 0 Å². The molecule has 0 fully saturated rings. The summed E-state index contributed by atoms with van der Waals surface area (Å²) >= 11 is 10.9. The van der Waals surface area contributed by atoms with Crippen LogP contribution in [0.5, 0.6) is 5.75 Å². The average molecular weight is 364 g/mol. The van der Waals surface area contributed by atoms with Crippen molar-refractivity contribution in [1.82, 2.24) is 16.2 Å². The molecule has 0 unspecified atom stereocenters. The fourth-order valence-electron chi connectivity index (χ4n) is 1.85. The molecule has 2 aromatic rings. The fraction of sp³-hybridized carbons (Fsp3) is 0.176. The molecule has 126 valence electrons. The van der Waals surface area contributed by atoms with E-state index < -0.39 is 0 Å². The second-order valence-corrected chi connectivity index (χ2v) is 5.75. The van der Waals surface area contributed by atoms with Gasteiger partial charge in [-0.15, -0.1) is 0 Å².